The van der Waals surface area contributed by atoms with Crippen molar-refractivity contribution >= 4 is 29.1 Å². The lowest BCUT2D eigenvalue weighted by molar-refractivity contribution is -0.128. The van der Waals surface area contributed by atoms with E-state index in [0.29, 0.717) is 18.1 Å². The van der Waals surface area contributed by atoms with Gasteiger partial charge in [-0.2, -0.15) is 0 Å². The van der Waals surface area contributed by atoms with Crippen LogP contribution in [-0.2, 0) is 16.1 Å². The minimum Gasteiger partial charge on any atom is -0.337 e. The molecule has 0 aliphatic carbocycles. The number of nitrogens with zero attached hydrogens (tertiary/aromatic N) is 1. The molecule has 1 aliphatic rings. The van der Waals surface area contributed by atoms with E-state index in [1.807, 2.05) is 78.9 Å². The molecule has 1 saturated heterocycles. The minimum atomic E-state index is -0.381. The fraction of sp³-hybridized carbons (Fsp3) is 0.167. The van der Waals surface area contributed by atoms with Crippen LogP contribution >= 0.6 is 11.6 Å². The molecule has 0 radical (unpaired) electrons. The van der Waals surface area contributed by atoms with Gasteiger partial charge in [-0.1, -0.05) is 78.3 Å². The average Bonchev–Trinajstić information content (AvgIpc) is 3.11. The number of hydrogen-bond acceptors (Lipinski definition) is 2. The van der Waals surface area contributed by atoms with Crippen LogP contribution in [0.4, 0.5) is 5.69 Å². The van der Waals surface area contributed by atoms with E-state index < -0.39 is 0 Å². The van der Waals surface area contributed by atoms with E-state index in [0.717, 1.165) is 22.4 Å². The van der Waals surface area contributed by atoms with Gasteiger partial charge in [0.05, 0.1) is 5.92 Å². The summed E-state index contributed by atoms with van der Waals surface area (Å²) in [5, 5.41) is 3.65. The highest BCUT2D eigenvalue weighted by Crippen LogP contribution is 2.29. The second-order valence-corrected chi connectivity index (χ2v) is 7.57. The largest absolute Gasteiger partial charge is 0.337 e. The van der Waals surface area contributed by atoms with Crippen molar-refractivity contribution in [1.29, 1.82) is 0 Å². The minimum absolute atomic E-state index is 0.0265. The summed E-state index contributed by atoms with van der Waals surface area (Å²) in [5.41, 5.74) is 3.63. The maximum Gasteiger partial charge on any atom is 0.229 e. The maximum absolute atomic E-state index is 12.9. The van der Waals surface area contributed by atoms with Crippen molar-refractivity contribution in [2.24, 2.45) is 5.92 Å². The molecule has 1 atom stereocenters. The van der Waals surface area contributed by atoms with E-state index in [4.69, 9.17) is 11.6 Å². The van der Waals surface area contributed by atoms with Gasteiger partial charge in [0.25, 0.3) is 0 Å². The van der Waals surface area contributed by atoms with Gasteiger partial charge >= 0.3 is 0 Å². The van der Waals surface area contributed by atoms with Crippen LogP contribution in [0, 0.1) is 5.92 Å². The summed E-state index contributed by atoms with van der Waals surface area (Å²) in [7, 11) is 0. The summed E-state index contributed by atoms with van der Waals surface area (Å²) < 4.78 is 0. The number of rotatable bonds is 5. The number of carbonyl (C=O) groups is 2. The molecule has 3 aromatic carbocycles. The molecule has 1 fully saturated rings. The van der Waals surface area contributed by atoms with Crippen molar-refractivity contribution in [2.75, 3.05) is 11.9 Å². The van der Waals surface area contributed by atoms with E-state index in [1.165, 1.54) is 0 Å². The number of benzene rings is 3. The zero-order chi connectivity index (χ0) is 20.2. The summed E-state index contributed by atoms with van der Waals surface area (Å²) in [4.78, 5) is 27.0. The third-order valence-corrected chi connectivity index (χ3v) is 5.54. The molecule has 0 saturated carbocycles. The van der Waals surface area contributed by atoms with E-state index in [9.17, 15) is 9.59 Å². The predicted octanol–water partition coefficient (Wildman–Crippen LogP) is 4.99. The van der Waals surface area contributed by atoms with E-state index in [-0.39, 0.29) is 24.2 Å². The van der Waals surface area contributed by atoms with E-state index >= 15 is 0 Å². The van der Waals surface area contributed by atoms with Crippen LogP contribution < -0.4 is 5.32 Å². The Kier molecular flexibility index (Phi) is 5.63. The third-order valence-electron chi connectivity index (χ3n) is 5.17. The number of likely N-dealkylation sites (tertiary alicyclic amines) is 1. The first-order chi connectivity index (χ1) is 14.1. The first-order valence-corrected chi connectivity index (χ1v) is 9.96. The molecule has 4 nitrogen and oxygen atoms in total. The van der Waals surface area contributed by atoms with E-state index in [2.05, 4.69) is 5.32 Å². The number of amides is 2. The SMILES string of the molecule is O=C(Nc1ccccc1-c1ccccc1)C1CC(=O)N(Cc2ccccc2Cl)C1. The number of halogens is 1. The van der Waals surface area contributed by atoms with Gasteiger partial charge in [-0.25, -0.2) is 0 Å². The van der Waals surface area contributed by atoms with Gasteiger partial charge < -0.3 is 10.2 Å². The van der Waals surface area contributed by atoms with Gasteiger partial charge in [-0.3, -0.25) is 9.59 Å². The van der Waals surface area contributed by atoms with Crippen molar-refractivity contribution in [1.82, 2.24) is 4.90 Å². The quantitative estimate of drug-likeness (QED) is 0.651. The van der Waals surface area contributed by atoms with Gasteiger partial charge in [-0.15, -0.1) is 0 Å². The molecule has 0 bridgehead atoms. The number of para-hydroxylation sites is 1. The summed E-state index contributed by atoms with van der Waals surface area (Å²) in [6.07, 6.45) is 0.212. The van der Waals surface area contributed by atoms with Crippen LogP contribution in [0.2, 0.25) is 5.02 Å². The first kappa shape index (κ1) is 19.2. The molecular formula is C24H21ClN2O2. The fourth-order valence-corrected chi connectivity index (χ4v) is 3.82. The lowest BCUT2D eigenvalue weighted by Gasteiger charge is -2.18. The summed E-state index contributed by atoms with van der Waals surface area (Å²) in [6, 6.07) is 25.1. The van der Waals surface area contributed by atoms with Crippen molar-refractivity contribution in [2.45, 2.75) is 13.0 Å². The summed E-state index contributed by atoms with van der Waals surface area (Å²) in [5.74, 6) is -0.543. The molecule has 1 N–H and O–H groups in total. The van der Waals surface area contributed by atoms with Gasteiger partial charge in [0.2, 0.25) is 11.8 Å². The Morgan fingerprint density at radius 2 is 1.66 bits per heavy atom. The normalized spacial score (nSPS) is 16.1. The Balaban J connectivity index is 1.46. The van der Waals surface area contributed by atoms with Gasteiger partial charge in [0, 0.05) is 35.8 Å². The topological polar surface area (TPSA) is 49.4 Å². The van der Waals surface area contributed by atoms with Crippen molar-refractivity contribution in [3.63, 3.8) is 0 Å². The van der Waals surface area contributed by atoms with E-state index in [1.54, 1.807) is 4.90 Å². The Morgan fingerprint density at radius 3 is 2.45 bits per heavy atom. The number of carbonyl (C=O) groups excluding carboxylic acids is 2. The standard InChI is InChI=1S/C24H21ClN2O2/c25-21-12-6-4-10-18(21)15-27-16-19(14-23(27)28)24(29)26-22-13-7-5-11-20(22)17-8-2-1-3-9-17/h1-13,19H,14-16H2,(H,26,29). The van der Waals surface area contributed by atoms with Crippen LogP contribution in [0.5, 0.6) is 0 Å². The molecule has 1 heterocycles. The molecule has 1 aliphatic heterocycles. The Morgan fingerprint density at radius 1 is 0.966 bits per heavy atom. The van der Waals surface area contributed by atoms with Crippen LogP contribution in [0.25, 0.3) is 11.1 Å². The Hall–Kier alpha value is -3.11. The highest BCUT2D eigenvalue weighted by molar-refractivity contribution is 6.31. The molecule has 0 aromatic heterocycles. The fourth-order valence-electron chi connectivity index (χ4n) is 3.63. The van der Waals surface area contributed by atoms with Crippen LogP contribution in [0.15, 0.2) is 78.9 Å². The monoisotopic (exact) mass is 404 g/mol. The van der Waals surface area contributed by atoms with Crippen molar-refractivity contribution in [3.8, 4) is 11.1 Å². The third kappa shape index (κ3) is 4.33. The zero-order valence-electron chi connectivity index (χ0n) is 15.8. The number of anilines is 1. The van der Waals surface area contributed by atoms with Crippen molar-refractivity contribution < 1.29 is 9.59 Å². The second kappa shape index (κ2) is 8.50. The Labute approximate surface area is 175 Å². The van der Waals surface area contributed by atoms with Gasteiger partial charge in [0.15, 0.2) is 0 Å². The average molecular weight is 405 g/mol. The van der Waals surface area contributed by atoms with Crippen LogP contribution in [0.3, 0.4) is 0 Å². The molecule has 2 amide bonds. The van der Waals surface area contributed by atoms with Gasteiger partial charge in [-0.05, 0) is 23.3 Å². The molecular weight excluding hydrogens is 384 g/mol. The molecule has 1 unspecified atom stereocenters. The molecule has 3 aromatic rings. The molecule has 29 heavy (non-hydrogen) atoms. The second-order valence-electron chi connectivity index (χ2n) is 7.17. The predicted molar refractivity (Wildman–Crippen MR) is 115 cm³/mol. The molecule has 0 spiro atoms. The number of hydrogen-bond donors (Lipinski definition) is 1. The zero-order valence-corrected chi connectivity index (χ0v) is 16.6. The molecule has 146 valence electrons. The lowest BCUT2D eigenvalue weighted by Crippen LogP contribution is -2.28. The smallest absolute Gasteiger partial charge is 0.229 e. The highest BCUT2D eigenvalue weighted by Gasteiger charge is 2.34. The van der Waals surface area contributed by atoms with Gasteiger partial charge in [0.1, 0.15) is 0 Å². The highest BCUT2D eigenvalue weighted by atomic mass is 35.5. The summed E-state index contributed by atoms with van der Waals surface area (Å²) >= 11 is 6.22. The molecule has 5 heteroatoms. The number of nitrogens with one attached hydrogen (secondary N) is 1. The maximum atomic E-state index is 12.9. The van der Waals surface area contributed by atoms with Crippen LogP contribution in [-0.4, -0.2) is 23.3 Å². The van der Waals surface area contributed by atoms with Crippen LogP contribution in [0.1, 0.15) is 12.0 Å². The molecule has 4 rings (SSSR count). The Bertz CT molecular complexity index is 1040. The first-order valence-electron chi connectivity index (χ1n) is 9.58. The summed E-state index contributed by atoms with van der Waals surface area (Å²) in [6.45, 7) is 0.812. The van der Waals surface area contributed by atoms with Crippen molar-refractivity contribution in [3.05, 3.63) is 89.4 Å². The lowest BCUT2D eigenvalue weighted by atomic mass is 10.0.